The van der Waals surface area contributed by atoms with Crippen molar-refractivity contribution in [1.29, 1.82) is 0 Å². The van der Waals surface area contributed by atoms with Gasteiger partial charge in [0.05, 0.1) is 16.8 Å². The summed E-state index contributed by atoms with van der Waals surface area (Å²) in [6.45, 7) is 0. The average Bonchev–Trinajstić information content (AvgIpc) is 3.05. The van der Waals surface area contributed by atoms with Crippen LogP contribution < -0.4 is 5.43 Å². The Bertz CT molecular complexity index is 824. The molecule has 0 amide bonds. The maximum absolute atomic E-state index is 10.6. The lowest BCUT2D eigenvalue weighted by atomic mass is 10.2. The normalized spacial score (nSPS) is 10.8. The van der Waals surface area contributed by atoms with Crippen LogP contribution in [0.25, 0.3) is 11.3 Å². The lowest BCUT2D eigenvalue weighted by Crippen LogP contribution is -1.91. The topological polar surface area (TPSA) is 80.7 Å². The first-order valence-electron chi connectivity index (χ1n) is 6.91. The lowest BCUT2D eigenvalue weighted by Gasteiger charge is -1.98. The molecular formula is C17H13N3O3. The fourth-order valence-electron chi connectivity index (χ4n) is 2.01. The zero-order valence-electron chi connectivity index (χ0n) is 12.0. The van der Waals surface area contributed by atoms with Gasteiger partial charge >= 0.3 is 0 Å². The highest BCUT2D eigenvalue weighted by Gasteiger charge is 2.04. The highest BCUT2D eigenvalue weighted by Crippen LogP contribution is 2.21. The molecule has 2 aromatic carbocycles. The molecule has 3 aromatic rings. The van der Waals surface area contributed by atoms with E-state index in [0.717, 1.165) is 11.3 Å². The Balaban J connectivity index is 1.64. The maximum Gasteiger partial charge on any atom is 0.269 e. The van der Waals surface area contributed by atoms with Crippen LogP contribution in [0.3, 0.4) is 0 Å². The predicted molar refractivity (Wildman–Crippen MR) is 88.5 cm³/mol. The quantitative estimate of drug-likeness (QED) is 0.433. The van der Waals surface area contributed by atoms with Crippen molar-refractivity contribution in [3.8, 4) is 11.3 Å². The molecule has 0 spiro atoms. The van der Waals surface area contributed by atoms with Gasteiger partial charge in [0.25, 0.3) is 5.69 Å². The maximum atomic E-state index is 10.6. The number of rotatable bonds is 5. The largest absolute Gasteiger partial charge is 0.455 e. The van der Waals surface area contributed by atoms with Gasteiger partial charge in [-0.05, 0) is 24.3 Å². The number of nitro benzene ring substituents is 1. The molecule has 0 aliphatic carbocycles. The molecule has 0 aliphatic heterocycles. The van der Waals surface area contributed by atoms with Gasteiger partial charge in [-0.25, -0.2) is 0 Å². The average molecular weight is 307 g/mol. The van der Waals surface area contributed by atoms with Crippen LogP contribution >= 0.6 is 0 Å². The summed E-state index contributed by atoms with van der Waals surface area (Å²) in [7, 11) is 0. The molecular weight excluding hydrogens is 294 g/mol. The van der Waals surface area contributed by atoms with E-state index in [1.807, 2.05) is 42.5 Å². The van der Waals surface area contributed by atoms with E-state index in [0.29, 0.717) is 11.4 Å². The van der Waals surface area contributed by atoms with Crippen molar-refractivity contribution in [2.75, 3.05) is 5.43 Å². The van der Waals surface area contributed by atoms with E-state index in [-0.39, 0.29) is 5.69 Å². The zero-order chi connectivity index (χ0) is 16.1. The van der Waals surface area contributed by atoms with Gasteiger partial charge in [-0.1, -0.05) is 30.3 Å². The summed E-state index contributed by atoms with van der Waals surface area (Å²) < 4.78 is 5.68. The monoisotopic (exact) mass is 307 g/mol. The molecule has 0 fully saturated rings. The van der Waals surface area contributed by atoms with E-state index in [2.05, 4.69) is 10.5 Å². The van der Waals surface area contributed by atoms with Crippen molar-refractivity contribution < 1.29 is 9.34 Å². The van der Waals surface area contributed by atoms with Gasteiger partial charge in [-0.2, -0.15) is 5.10 Å². The standard InChI is InChI=1S/C17H13N3O3/c21-20(22)15-8-6-14(7-9-15)19-18-12-16-10-11-17(23-16)13-4-2-1-3-5-13/h1-12,19H/b18-12+. The van der Waals surface area contributed by atoms with E-state index in [1.165, 1.54) is 12.1 Å². The number of hydrogen-bond acceptors (Lipinski definition) is 5. The molecule has 1 N–H and O–H groups in total. The summed E-state index contributed by atoms with van der Waals surface area (Å²) in [6, 6.07) is 19.5. The molecule has 6 heteroatoms. The Morgan fingerprint density at radius 1 is 1.00 bits per heavy atom. The van der Waals surface area contributed by atoms with Crippen molar-refractivity contribution in [1.82, 2.24) is 0 Å². The molecule has 0 saturated carbocycles. The first-order chi connectivity index (χ1) is 11.2. The van der Waals surface area contributed by atoms with Gasteiger partial charge in [-0.15, -0.1) is 0 Å². The number of furan rings is 1. The van der Waals surface area contributed by atoms with E-state index in [1.54, 1.807) is 18.3 Å². The van der Waals surface area contributed by atoms with Gasteiger partial charge in [0, 0.05) is 17.7 Å². The Labute approximate surface area is 132 Å². The van der Waals surface area contributed by atoms with Crippen LogP contribution in [0.1, 0.15) is 5.76 Å². The minimum Gasteiger partial charge on any atom is -0.455 e. The molecule has 114 valence electrons. The van der Waals surface area contributed by atoms with Crippen LogP contribution in [0.2, 0.25) is 0 Å². The number of nitrogens with one attached hydrogen (secondary N) is 1. The highest BCUT2D eigenvalue weighted by molar-refractivity contribution is 5.78. The van der Waals surface area contributed by atoms with E-state index >= 15 is 0 Å². The van der Waals surface area contributed by atoms with Crippen LogP contribution in [-0.4, -0.2) is 11.1 Å². The summed E-state index contributed by atoms with van der Waals surface area (Å²) in [5.74, 6) is 1.38. The molecule has 1 aromatic heterocycles. The number of anilines is 1. The Morgan fingerprint density at radius 2 is 1.74 bits per heavy atom. The first kappa shape index (κ1) is 14.5. The number of benzene rings is 2. The Kier molecular flexibility index (Phi) is 4.15. The van der Waals surface area contributed by atoms with Gasteiger partial charge < -0.3 is 4.42 Å². The minimum atomic E-state index is -0.443. The minimum absolute atomic E-state index is 0.0399. The van der Waals surface area contributed by atoms with Crippen molar-refractivity contribution in [3.63, 3.8) is 0 Å². The molecule has 0 unspecified atom stereocenters. The smallest absolute Gasteiger partial charge is 0.269 e. The van der Waals surface area contributed by atoms with Gasteiger partial charge in [0.1, 0.15) is 11.5 Å². The van der Waals surface area contributed by atoms with E-state index in [4.69, 9.17) is 4.42 Å². The molecule has 0 saturated heterocycles. The van der Waals surface area contributed by atoms with E-state index in [9.17, 15) is 10.1 Å². The summed E-state index contributed by atoms with van der Waals surface area (Å²) in [4.78, 5) is 10.1. The molecule has 6 nitrogen and oxygen atoms in total. The third-order valence-corrected chi connectivity index (χ3v) is 3.15. The molecule has 1 heterocycles. The second-order valence-corrected chi connectivity index (χ2v) is 4.74. The van der Waals surface area contributed by atoms with Crippen LogP contribution in [0.4, 0.5) is 11.4 Å². The second-order valence-electron chi connectivity index (χ2n) is 4.74. The zero-order valence-corrected chi connectivity index (χ0v) is 12.0. The summed E-state index contributed by atoms with van der Waals surface area (Å²) in [6.07, 6.45) is 1.55. The molecule has 0 radical (unpaired) electrons. The van der Waals surface area contributed by atoms with Crippen molar-refractivity contribution >= 4 is 17.6 Å². The third kappa shape index (κ3) is 3.62. The molecule has 0 bridgehead atoms. The van der Waals surface area contributed by atoms with E-state index < -0.39 is 4.92 Å². The SMILES string of the molecule is O=[N+]([O-])c1ccc(N/N=C/c2ccc(-c3ccccc3)o2)cc1. The Morgan fingerprint density at radius 3 is 2.43 bits per heavy atom. The first-order valence-corrected chi connectivity index (χ1v) is 6.91. The summed E-state index contributed by atoms with van der Waals surface area (Å²) >= 11 is 0. The van der Waals surface area contributed by atoms with Crippen LogP contribution in [0, 0.1) is 10.1 Å². The van der Waals surface area contributed by atoms with Crippen LogP contribution in [0.15, 0.2) is 76.2 Å². The molecule has 0 atom stereocenters. The summed E-state index contributed by atoms with van der Waals surface area (Å²) in [5, 5.41) is 14.6. The van der Waals surface area contributed by atoms with Gasteiger partial charge in [-0.3, -0.25) is 15.5 Å². The number of nitro groups is 1. The van der Waals surface area contributed by atoms with Crippen molar-refractivity contribution in [3.05, 3.63) is 82.6 Å². The lowest BCUT2D eigenvalue weighted by molar-refractivity contribution is -0.384. The van der Waals surface area contributed by atoms with Crippen molar-refractivity contribution in [2.24, 2.45) is 5.10 Å². The summed E-state index contributed by atoms with van der Waals surface area (Å²) in [5.41, 5.74) is 4.49. The van der Waals surface area contributed by atoms with Crippen LogP contribution in [0.5, 0.6) is 0 Å². The van der Waals surface area contributed by atoms with Gasteiger partial charge in [0.15, 0.2) is 0 Å². The number of non-ortho nitro benzene ring substituents is 1. The number of hydrazone groups is 1. The molecule has 23 heavy (non-hydrogen) atoms. The molecule has 3 rings (SSSR count). The fourth-order valence-corrected chi connectivity index (χ4v) is 2.01. The second kappa shape index (κ2) is 6.57. The van der Waals surface area contributed by atoms with Crippen molar-refractivity contribution in [2.45, 2.75) is 0 Å². The number of nitrogens with zero attached hydrogens (tertiary/aromatic N) is 2. The third-order valence-electron chi connectivity index (χ3n) is 3.15. The van der Waals surface area contributed by atoms with Gasteiger partial charge in [0.2, 0.25) is 0 Å². The fraction of sp³-hybridized carbons (Fsp3) is 0. The highest BCUT2D eigenvalue weighted by atomic mass is 16.6. The molecule has 0 aliphatic rings. The predicted octanol–water partition coefficient (Wildman–Crippen LogP) is 4.30. The number of hydrogen-bond donors (Lipinski definition) is 1. The Hall–Kier alpha value is -3.41. The van der Waals surface area contributed by atoms with Crippen LogP contribution in [-0.2, 0) is 0 Å².